The van der Waals surface area contributed by atoms with Gasteiger partial charge in [-0.2, -0.15) is 0 Å². The summed E-state index contributed by atoms with van der Waals surface area (Å²) < 4.78 is 0. The molecule has 1 aliphatic carbocycles. The highest BCUT2D eigenvalue weighted by molar-refractivity contribution is 5.79. The van der Waals surface area contributed by atoms with Crippen LogP contribution >= 0.6 is 0 Å². The van der Waals surface area contributed by atoms with Crippen LogP contribution in [0.1, 0.15) is 31.4 Å². The second-order valence-electron chi connectivity index (χ2n) is 5.56. The quantitative estimate of drug-likeness (QED) is 0.889. The van der Waals surface area contributed by atoms with E-state index in [-0.39, 0.29) is 11.8 Å². The van der Waals surface area contributed by atoms with Gasteiger partial charge < -0.3 is 10.2 Å². The molecule has 0 aromatic carbocycles. The van der Waals surface area contributed by atoms with Gasteiger partial charge in [-0.05, 0) is 32.6 Å². The molecule has 1 saturated carbocycles. The number of aromatic nitrogens is 2. The Morgan fingerprint density at radius 2 is 2.00 bits per heavy atom. The molecule has 0 unspecified atom stereocenters. The number of anilines is 1. The van der Waals surface area contributed by atoms with E-state index in [0.29, 0.717) is 6.04 Å². The van der Waals surface area contributed by atoms with Gasteiger partial charge in [0.2, 0.25) is 5.91 Å². The molecule has 0 bridgehead atoms. The van der Waals surface area contributed by atoms with Gasteiger partial charge in [0.25, 0.3) is 0 Å². The summed E-state index contributed by atoms with van der Waals surface area (Å²) in [4.78, 5) is 22.9. The number of carbonyl (C=O) groups is 1. The molecule has 102 valence electrons. The van der Waals surface area contributed by atoms with E-state index in [0.717, 1.165) is 50.3 Å². The van der Waals surface area contributed by atoms with Gasteiger partial charge in [0.1, 0.15) is 5.82 Å². The number of piperidine rings is 1. The normalized spacial score (nSPS) is 20.4. The van der Waals surface area contributed by atoms with Crippen molar-refractivity contribution in [1.82, 2.24) is 15.3 Å². The van der Waals surface area contributed by atoms with Crippen LogP contribution in [0.25, 0.3) is 0 Å². The zero-order valence-electron chi connectivity index (χ0n) is 11.3. The van der Waals surface area contributed by atoms with Crippen molar-refractivity contribution in [2.75, 3.05) is 18.0 Å². The van der Waals surface area contributed by atoms with Crippen molar-refractivity contribution in [3.8, 4) is 0 Å². The lowest BCUT2D eigenvalue weighted by molar-refractivity contribution is -0.125. The van der Waals surface area contributed by atoms with Gasteiger partial charge in [-0.25, -0.2) is 4.98 Å². The summed E-state index contributed by atoms with van der Waals surface area (Å²) in [6, 6.07) is 0.466. The Kier molecular flexibility index (Phi) is 3.36. The number of aryl methyl sites for hydroxylation is 1. The first-order chi connectivity index (χ1) is 9.22. The van der Waals surface area contributed by atoms with E-state index in [1.165, 1.54) is 0 Å². The summed E-state index contributed by atoms with van der Waals surface area (Å²) in [5.41, 5.74) is 0.936. The Balaban J connectivity index is 1.55. The predicted octanol–water partition coefficient (Wildman–Crippen LogP) is 1.28. The molecular weight excluding hydrogens is 240 g/mol. The van der Waals surface area contributed by atoms with Crippen LogP contribution < -0.4 is 10.2 Å². The molecule has 0 radical (unpaired) electrons. The van der Waals surface area contributed by atoms with Crippen molar-refractivity contribution in [2.24, 2.45) is 5.92 Å². The highest BCUT2D eigenvalue weighted by atomic mass is 16.2. The number of carbonyl (C=O) groups excluding carboxylic acids is 1. The molecule has 5 heteroatoms. The largest absolute Gasteiger partial charge is 0.355 e. The lowest BCUT2D eigenvalue weighted by atomic mass is 9.96. The first kappa shape index (κ1) is 12.4. The van der Waals surface area contributed by atoms with Crippen LogP contribution in [-0.4, -0.2) is 35.0 Å². The van der Waals surface area contributed by atoms with E-state index in [9.17, 15) is 4.79 Å². The molecule has 1 saturated heterocycles. The summed E-state index contributed by atoms with van der Waals surface area (Å²) in [5, 5.41) is 3.10. The minimum Gasteiger partial charge on any atom is -0.355 e. The molecule has 2 heterocycles. The van der Waals surface area contributed by atoms with Crippen LogP contribution in [0, 0.1) is 12.8 Å². The van der Waals surface area contributed by atoms with Gasteiger partial charge in [0.15, 0.2) is 0 Å². The Bertz CT molecular complexity index is 464. The summed E-state index contributed by atoms with van der Waals surface area (Å²) in [6.07, 6.45) is 7.70. The third-order valence-electron chi connectivity index (χ3n) is 3.86. The van der Waals surface area contributed by atoms with E-state index in [1.807, 2.05) is 6.92 Å². The van der Waals surface area contributed by atoms with Gasteiger partial charge >= 0.3 is 0 Å². The smallest absolute Gasteiger partial charge is 0.223 e. The number of amides is 1. The predicted molar refractivity (Wildman–Crippen MR) is 72.9 cm³/mol. The second kappa shape index (κ2) is 5.15. The summed E-state index contributed by atoms with van der Waals surface area (Å²) in [7, 11) is 0. The maximum absolute atomic E-state index is 12.0. The van der Waals surface area contributed by atoms with Crippen LogP contribution in [-0.2, 0) is 4.79 Å². The lowest BCUT2D eigenvalue weighted by Crippen LogP contribution is -2.41. The van der Waals surface area contributed by atoms with Gasteiger partial charge in [0, 0.05) is 31.2 Å². The maximum atomic E-state index is 12.0. The van der Waals surface area contributed by atoms with E-state index in [4.69, 9.17) is 0 Å². The monoisotopic (exact) mass is 260 g/mol. The minimum absolute atomic E-state index is 0.176. The fraction of sp³-hybridized carbons (Fsp3) is 0.643. The Labute approximate surface area is 113 Å². The molecule has 1 aromatic heterocycles. The Morgan fingerprint density at radius 1 is 1.26 bits per heavy atom. The van der Waals surface area contributed by atoms with Gasteiger partial charge in [0.05, 0.1) is 11.9 Å². The zero-order valence-corrected chi connectivity index (χ0v) is 11.3. The van der Waals surface area contributed by atoms with Crippen molar-refractivity contribution in [2.45, 2.75) is 38.6 Å². The average Bonchev–Trinajstić information content (AvgIpc) is 3.23. The van der Waals surface area contributed by atoms with E-state index in [1.54, 1.807) is 12.4 Å². The van der Waals surface area contributed by atoms with E-state index < -0.39 is 0 Å². The third-order valence-corrected chi connectivity index (χ3v) is 3.86. The number of rotatable bonds is 3. The minimum atomic E-state index is 0.176. The van der Waals surface area contributed by atoms with Crippen molar-refractivity contribution in [3.63, 3.8) is 0 Å². The highest BCUT2D eigenvalue weighted by Crippen LogP contribution is 2.24. The van der Waals surface area contributed by atoms with Gasteiger partial charge in [-0.3, -0.25) is 9.78 Å². The van der Waals surface area contributed by atoms with Crippen molar-refractivity contribution in [1.29, 1.82) is 0 Å². The van der Waals surface area contributed by atoms with Crippen molar-refractivity contribution >= 4 is 11.7 Å². The standard InChI is InChI=1S/C14H20N4O/c1-10-8-15-9-13(16-10)18-6-4-11(5-7-18)14(19)17-12-2-3-12/h8-9,11-12H,2-7H2,1H3,(H,17,19). The van der Waals surface area contributed by atoms with Gasteiger partial charge in [-0.15, -0.1) is 0 Å². The molecule has 0 atom stereocenters. The van der Waals surface area contributed by atoms with Gasteiger partial charge in [-0.1, -0.05) is 0 Å². The summed E-state index contributed by atoms with van der Waals surface area (Å²) in [6.45, 7) is 3.73. The molecule has 3 rings (SSSR count). The average molecular weight is 260 g/mol. The topological polar surface area (TPSA) is 58.1 Å². The molecular formula is C14H20N4O. The molecule has 0 spiro atoms. The SMILES string of the molecule is Cc1cncc(N2CCC(C(=O)NC3CC3)CC2)n1. The molecule has 1 amide bonds. The fourth-order valence-electron chi connectivity index (χ4n) is 2.52. The van der Waals surface area contributed by atoms with Crippen LogP contribution in [0.15, 0.2) is 12.4 Å². The van der Waals surface area contributed by atoms with Crippen LogP contribution in [0.2, 0.25) is 0 Å². The molecule has 5 nitrogen and oxygen atoms in total. The molecule has 2 fully saturated rings. The molecule has 1 aromatic rings. The Morgan fingerprint density at radius 3 is 2.63 bits per heavy atom. The molecule has 1 aliphatic heterocycles. The second-order valence-corrected chi connectivity index (χ2v) is 5.56. The third kappa shape index (κ3) is 3.03. The summed E-state index contributed by atoms with van der Waals surface area (Å²) >= 11 is 0. The fourth-order valence-corrected chi connectivity index (χ4v) is 2.52. The van der Waals surface area contributed by atoms with Crippen LogP contribution in [0.5, 0.6) is 0 Å². The highest BCUT2D eigenvalue weighted by Gasteiger charge is 2.30. The number of hydrogen-bond donors (Lipinski definition) is 1. The molecule has 19 heavy (non-hydrogen) atoms. The maximum Gasteiger partial charge on any atom is 0.223 e. The summed E-state index contributed by atoms with van der Waals surface area (Å²) in [5.74, 6) is 1.35. The zero-order chi connectivity index (χ0) is 13.2. The van der Waals surface area contributed by atoms with Crippen molar-refractivity contribution < 1.29 is 4.79 Å². The lowest BCUT2D eigenvalue weighted by Gasteiger charge is -2.32. The number of hydrogen-bond acceptors (Lipinski definition) is 4. The number of nitrogens with one attached hydrogen (secondary N) is 1. The first-order valence-corrected chi connectivity index (χ1v) is 7.06. The molecule has 2 aliphatic rings. The van der Waals surface area contributed by atoms with Crippen LogP contribution in [0.4, 0.5) is 5.82 Å². The molecule has 1 N–H and O–H groups in total. The van der Waals surface area contributed by atoms with E-state index >= 15 is 0 Å². The first-order valence-electron chi connectivity index (χ1n) is 7.06. The Hall–Kier alpha value is -1.65. The van der Waals surface area contributed by atoms with E-state index in [2.05, 4.69) is 20.2 Å². The van der Waals surface area contributed by atoms with Crippen molar-refractivity contribution in [3.05, 3.63) is 18.1 Å². The van der Waals surface area contributed by atoms with Crippen LogP contribution in [0.3, 0.4) is 0 Å². The number of nitrogens with zero attached hydrogens (tertiary/aromatic N) is 3.